The molecule has 0 bridgehead atoms. The number of aliphatic carboxylic acids is 1. The van der Waals surface area contributed by atoms with Crippen molar-refractivity contribution in [2.75, 3.05) is 18.0 Å². The SMILES string of the molecule is CC1CC(C(=O)O)CN(c2cc(C(F)(F)F)ccn2)C1. The van der Waals surface area contributed by atoms with Gasteiger partial charge in [0.1, 0.15) is 5.82 Å². The van der Waals surface area contributed by atoms with Gasteiger partial charge in [-0.2, -0.15) is 13.2 Å². The van der Waals surface area contributed by atoms with Crippen molar-refractivity contribution in [1.82, 2.24) is 4.98 Å². The summed E-state index contributed by atoms with van der Waals surface area (Å²) in [4.78, 5) is 16.6. The van der Waals surface area contributed by atoms with Gasteiger partial charge in [-0.3, -0.25) is 4.79 Å². The van der Waals surface area contributed by atoms with Gasteiger partial charge in [-0.05, 0) is 24.5 Å². The molecule has 1 aliphatic heterocycles. The number of hydrogen-bond donors (Lipinski definition) is 1. The van der Waals surface area contributed by atoms with E-state index in [1.54, 1.807) is 4.90 Å². The zero-order valence-corrected chi connectivity index (χ0v) is 10.9. The highest BCUT2D eigenvalue weighted by molar-refractivity contribution is 5.71. The molecule has 0 spiro atoms. The molecule has 1 N–H and O–H groups in total. The van der Waals surface area contributed by atoms with Crippen LogP contribution in [-0.2, 0) is 11.0 Å². The number of piperidine rings is 1. The van der Waals surface area contributed by atoms with E-state index in [-0.39, 0.29) is 18.3 Å². The second-order valence-electron chi connectivity index (χ2n) is 5.18. The molecule has 2 rings (SSSR count). The van der Waals surface area contributed by atoms with Gasteiger partial charge in [0.15, 0.2) is 0 Å². The maximum absolute atomic E-state index is 12.7. The second-order valence-corrected chi connectivity index (χ2v) is 5.18. The number of halogens is 3. The van der Waals surface area contributed by atoms with Gasteiger partial charge in [-0.1, -0.05) is 6.92 Å². The van der Waals surface area contributed by atoms with E-state index < -0.39 is 23.6 Å². The van der Waals surface area contributed by atoms with Gasteiger partial charge in [0.2, 0.25) is 0 Å². The van der Waals surface area contributed by atoms with Crippen molar-refractivity contribution < 1.29 is 23.1 Å². The molecular formula is C13H15F3N2O2. The van der Waals surface area contributed by atoms with Crippen molar-refractivity contribution >= 4 is 11.8 Å². The predicted molar refractivity (Wildman–Crippen MR) is 66.4 cm³/mol. The molecule has 7 heteroatoms. The second kappa shape index (κ2) is 5.30. The summed E-state index contributed by atoms with van der Waals surface area (Å²) in [6, 6.07) is 1.88. The summed E-state index contributed by atoms with van der Waals surface area (Å²) in [5.41, 5.74) is -0.771. The average molecular weight is 288 g/mol. The van der Waals surface area contributed by atoms with E-state index in [9.17, 15) is 18.0 Å². The number of carbonyl (C=O) groups is 1. The zero-order chi connectivity index (χ0) is 14.9. The molecule has 0 radical (unpaired) electrons. The Morgan fingerprint density at radius 2 is 2.15 bits per heavy atom. The molecule has 4 nitrogen and oxygen atoms in total. The first-order valence-corrected chi connectivity index (χ1v) is 6.28. The molecule has 0 aliphatic carbocycles. The predicted octanol–water partition coefficient (Wildman–Crippen LogP) is 2.65. The largest absolute Gasteiger partial charge is 0.481 e. The molecule has 1 aromatic heterocycles. The lowest BCUT2D eigenvalue weighted by Crippen LogP contribution is -2.43. The number of nitrogens with zero attached hydrogens (tertiary/aromatic N) is 2. The van der Waals surface area contributed by atoms with Crippen LogP contribution >= 0.6 is 0 Å². The quantitative estimate of drug-likeness (QED) is 0.909. The summed E-state index contributed by atoms with van der Waals surface area (Å²) in [7, 11) is 0. The Balaban J connectivity index is 2.24. The van der Waals surface area contributed by atoms with E-state index in [4.69, 9.17) is 5.11 Å². The average Bonchev–Trinajstić information content (AvgIpc) is 2.37. The zero-order valence-electron chi connectivity index (χ0n) is 10.9. The molecular weight excluding hydrogens is 273 g/mol. The molecule has 1 fully saturated rings. The smallest absolute Gasteiger partial charge is 0.416 e. The fraction of sp³-hybridized carbons (Fsp3) is 0.538. The summed E-state index contributed by atoms with van der Waals surface area (Å²) in [5.74, 6) is -1.22. The number of hydrogen-bond acceptors (Lipinski definition) is 3. The van der Waals surface area contributed by atoms with Crippen LogP contribution in [0.4, 0.5) is 19.0 Å². The normalized spacial score (nSPS) is 23.7. The summed E-state index contributed by atoms with van der Waals surface area (Å²) in [6.07, 6.45) is -2.79. The van der Waals surface area contributed by atoms with Crippen molar-refractivity contribution in [3.05, 3.63) is 23.9 Å². The number of pyridine rings is 1. The summed E-state index contributed by atoms with van der Waals surface area (Å²) in [6.45, 7) is 2.59. The third-order valence-electron chi connectivity index (χ3n) is 3.41. The topological polar surface area (TPSA) is 53.4 Å². The van der Waals surface area contributed by atoms with Crippen LogP contribution in [0.1, 0.15) is 18.9 Å². The van der Waals surface area contributed by atoms with E-state index in [1.807, 2.05) is 6.92 Å². The number of carboxylic acid groups (broad SMARTS) is 1. The first-order valence-electron chi connectivity index (χ1n) is 6.28. The highest BCUT2D eigenvalue weighted by atomic mass is 19.4. The standard InChI is InChI=1S/C13H15F3N2O2/c1-8-4-9(12(19)20)7-18(6-8)11-5-10(2-3-17-11)13(14,15)16/h2-3,5,8-9H,4,6-7H2,1H3,(H,19,20). The Bertz CT molecular complexity index is 505. The van der Waals surface area contributed by atoms with E-state index in [0.717, 1.165) is 18.3 Å². The van der Waals surface area contributed by atoms with Gasteiger partial charge in [0.25, 0.3) is 0 Å². The van der Waals surface area contributed by atoms with Crippen molar-refractivity contribution in [1.29, 1.82) is 0 Å². The highest BCUT2D eigenvalue weighted by Gasteiger charge is 2.33. The lowest BCUT2D eigenvalue weighted by atomic mass is 9.90. The Labute approximate surface area is 114 Å². The maximum atomic E-state index is 12.7. The molecule has 0 saturated carbocycles. The Kier molecular flexibility index (Phi) is 3.87. The van der Waals surface area contributed by atoms with Crippen molar-refractivity contribution in [2.24, 2.45) is 11.8 Å². The summed E-state index contributed by atoms with van der Waals surface area (Å²) in [5, 5.41) is 9.08. The monoisotopic (exact) mass is 288 g/mol. The highest BCUT2D eigenvalue weighted by Crippen LogP contribution is 2.32. The van der Waals surface area contributed by atoms with Crippen molar-refractivity contribution in [3.8, 4) is 0 Å². The molecule has 110 valence electrons. The van der Waals surface area contributed by atoms with Gasteiger partial charge in [0.05, 0.1) is 11.5 Å². The maximum Gasteiger partial charge on any atom is 0.416 e. The fourth-order valence-electron chi connectivity index (χ4n) is 2.49. The Morgan fingerprint density at radius 1 is 1.45 bits per heavy atom. The van der Waals surface area contributed by atoms with Gasteiger partial charge < -0.3 is 10.0 Å². The first kappa shape index (κ1) is 14.6. The molecule has 2 atom stereocenters. The van der Waals surface area contributed by atoms with E-state index >= 15 is 0 Å². The minimum atomic E-state index is -4.43. The minimum Gasteiger partial charge on any atom is -0.481 e. The molecule has 2 unspecified atom stereocenters. The fourth-order valence-corrected chi connectivity index (χ4v) is 2.49. The minimum absolute atomic E-state index is 0.0983. The first-order chi connectivity index (χ1) is 9.27. The Hall–Kier alpha value is -1.79. The van der Waals surface area contributed by atoms with Crippen LogP contribution < -0.4 is 4.90 Å². The lowest BCUT2D eigenvalue weighted by Gasteiger charge is -2.35. The van der Waals surface area contributed by atoms with Gasteiger partial charge >= 0.3 is 12.1 Å². The van der Waals surface area contributed by atoms with Gasteiger partial charge in [0, 0.05) is 19.3 Å². The van der Waals surface area contributed by atoms with Crippen LogP contribution in [0.2, 0.25) is 0 Å². The van der Waals surface area contributed by atoms with Gasteiger partial charge in [-0.15, -0.1) is 0 Å². The van der Waals surface area contributed by atoms with Crippen LogP contribution in [0.25, 0.3) is 0 Å². The number of rotatable bonds is 2. The summed E-state index contributed by atoms with van der Waals surface area (Å²) < 4.78 is 38.0. The van der Waals surface area contributed by atoms with E-state index in [1.165, 1.54) is 0 Å². The van der Waals surface area contributed by atoms with E-state index in [0.29, 0.717) is 13.0 Å². The third-order valence-corrected chi connectivity index (χ3v) is 3.41. The Morgan fingerprint density at radius 3 is 2.75 bits per heavy atom. The molecule has 1 aliphatic rings. The molecule has 2 heterocycles. The van der Waals surface area contributed by atoms with Crippen LogP contribution in [0.3, 0.4) is 0 Å². The summed E-state index contributed by atoms with van der Waals surface area (Å²) >= 11 is 0. The number of carboxylic acids is 1. The van der Waals surface area contributed by atoms with Crippen LogP contribution in [0.15, 0.2) is 18.3 Å². The molecule has 20 heavy (non-hydrogen) atoms. The van der Waals surface area contributed by atoms with Crippen LogP contribution in [0, 0.1) is 11.8 Å². The van der Waals surface area contributed by atoms with Gasteiger partial charge in [-0.25, -0.2) is 4.98 Å². The number of aromatic nitrogens is 1. The van der Waals surface area contributed by atoms with Crippen molar-refractivity contribution in [2.45, 2.75) is 19.5 Å². The number of alkyl halides is 3. The molecule has 1 aromatic rings. The van der Waals surface area contributed by atoms with Crippen LogP contribution in [-0.4, -0.2) is 29.1 Å². The van der Waals surface area contributed by atoms with E-state index in [2.05, 4.69) is 4.98 Å². The molecule has 0 aromatic carbocycles. The molecule has 1 saturated heterocycles. The van der Waals surface area contributed by atoms with Crippen LogP contribution in [0.5, 0.6) is 0 Å². The lowest BCUT2D eigenvalue weighted by molar-refractivity contribution is -0.142. The molecule has 0 amide bonds. The number of anilines is 1. The van der Waals surface area contributed by atoms with Crippen molar-refractivity contribution in [3.63, 3.8) is 0 Å². The third kappa shape index (κ3) is 3.20.